The molecule has 0 aliphatic heterocycles. The number of ether oxygens (including phenoxy) is 2. The zero-order chi connectivity index (χ0) is 20.4. The van der Waals surface area contributed by atoms with Crippen molar-refractivity contribution < 1.29 is 19.1 Å². The fourth-order valence-electron chi connectivity index (χ4n) is 2.25. The molecule has 0 fully saturated rings. The molecular weight excluding hydrogens is 358 g/mol. The Hall–Kier alpha value is -4.10. The molecule has 0 bridgehead atoms. The first-order valence-electron chi connectivity index (χ1n) is 8.38. The number of carbonyl (C=O) groups excluding carboxylic acids is 2. The zero-order valence-electron chi connectivity index (χ0n) is 15.1. The van der Waals surface area contributed by atoms with Crippen LogP contribution in [-0.2, 0) is 9.53 Å². The number of carbonyl (C=O) groups is 2. The largest absolute Gasteiger partial charge is 0.478 e. The highest BCUT2D eigenvalue weighted by Gasteiger charge is 2.12. The summed E-state index contributed by atoms with van der Waals surface area (Å²) in [5.41, 5.74) is 1.15. The number of amides is 1. The van der Waals surface area contributed by atoms with Gasteiger partial charge >= 0.3 is 5.97 Å². The van der Waals surface area contributed by atoms with Gasteiger partial charge in [0.25, 0.3) is 5.91 Å². The molecule has 7 nitrogen and oxygen atoms in total. The molecule has 2 aromatic carbocycles. The molecule has 0 aliphatic carbocycles. The number of anilines is 1. The van der Waals surface area contributed by atoms with E-state index in [-0.39, 0.29) is 18.8 Å². The lowest BCUT2D eigenvalue weighted by molar-refractivity contribution is -0.112. The predicted octanol–water partition coefficient (Wildman–Crippen LogP) is 3.31. The molecule has 1 N–H and O–H groups in total. The number of rotatable bonds is 7. The Labute approximate surface area is 162 Å². The number of benzene rings is 2. The summed E-state index contributed by atoms with van der Waals surface area (Å²) in [6, 6.07) is 16.6. The van der Waals surface area contributed by atoms with E-state index in [9.17, 15) is 14.9 Å². The maximum absolute atomic E-state index is 12.4. The smallest absolute Gasteiger partial charge is 0.338 e. The van der Waals surface area contributed by atoms with Crippen molar-refractivity contribution in [1.29, 1.82) is 10.5 Å². The van der Waals surface area contributed by atoms with Crippen LogP contribution >= 0.6 is 0 Å². The molecule has 28 heavy (non-hydrogen) atoms. The van der Waals surface area contributed by atoms with Crippen molar-refractivity contribution >= 4 is 23.6 Å². The number of para-hydroxylation sites is 1. The maximum atomic E-state index is 12.4. The van der Waals surface area contributed by atoms with Crippen LogP contribution in [-0.4, -0.2) is 25.1 Å². The Balaban J connectivity index is 2.16. The summed E-state index contributed by atoms with van der Waals surface area (Å²) < 4.78 is 10.2. The van der Waals surface area contributed by atoms with E-state index in [1.54, 1.807) is 43.3 Å². The van der Waals surface area contributed by atoms with Crippen molar-refractivity contribution in [2.75, 3.05) is 18.5 Å². The first kappa shape index (κ1) is 20.2. The van der Waals surface area contributed by atoms with E-state index in [1.165, 1.54) is 18.2 Å². The van der Waals surface area contributed by atoms with Crippen molar-refractivity contribution in [2.24, 2.45) is 0 Å². The van der Waals surface area contributed by atoms with Crippen LogP contribution in [0, 0.1) is 22.7 Å². The van der Waals surface area contributed by atoms with E-state index >= 15 is 0 Å². The molecule has 0 aromatic heterocycles. The SMILES string of the molecule is CCOC(=O)c1ccc(NC(=O)/C(C#N)=C/c2ccccc2OCC#N)cc1. The van der Waals surface area contributed by atoms with Crippen LogP contribution in [0.15, 0.2) is 54.1 Å². The van der Waals surface area contributed by atoms with Gasteiger partial charge in [-0.1, -0.05) is 18.2 Å². The van der Waals surface area contributed by atoms with Crippen LogP contribution in [0.2, 0.25) is 0 Å². The second-order valence-corrected chi connectivity index (χ2v) is 5.41. The van der Waals surface area contributed by atoms with Gasteiger partial charge in [0.05, 0.1) is 12.2 Å². The average Bonchev–Trinajstić information content (AvgIpc) is 2.71. The lowest BCUT2D eigenvalue weighted by Gasteiger charge is -2.08. The summed E-state index contributed by atoms with van der Waals surface area (Å²) in [5.74, 6) is -0.670. The molecule has 0 atom stereocenters. The van der Waals surface area contributed by atoms with Crippen molar-refractivity contribution in [3.63, 3.8) is 0 Å². The standard InChI is InChI=1S/C21H17N3O4/c1-2-27-21(26)15-7-9-18(10-8-15)24-20(25)17(14-23)13-16-5-3-4-6-19(16)28-12-11-22/h3-10,13H,2,12H2,1H3,(H,24,25)/b17-13+. The molecule has 0 radical (unpaired) electrons. The van der Waals surface area contributed by atoms with Gasteiger partial charge in [-0.15, -0.1) is 0 Å². The number of hydrogen-bond acceptors (Lipinski definition) is 6. The molecule has 0 unspecified atom stereocenters. The Bertz CT molecular complexity index is 966. The summed E-state index contributed by atoms with van der Waals surface area (Å²) in [6.45, 7) is 1.84. The predicted molar refractivity (Wildman–Crippen MR) is 102 cm³/mol. The molecule has 2 aromatic rings. The summed E-state index contributed by atoms with van der Waals surface area (Å²) in [4.78, 5) is 24.1. The first-order valence-corrected chi connectivity index (χ1v) is 8.38. The van der Waals surface area contributed by atoms with E-state index in [4.69, 9.17) is 14.7 Å². The molecule has 0 saturated heterocycles. The van der Waals surface area contributed by atoms with Crippen LogP contribution in [0.25, 0.3) is 6.08 Å². The molecule has 0 saturated carbocycles. The Morgan fingerprint density at radius 2 is 1.82 bits per heavy atom. The van der Waals surface area contributed by atoms with Gasteiger partial charge in [-0.2, -0.15) is 10.5 Å². The van der Waals surface area contributed by atoms with Crippen molar-refractivity contribution in [3.05, 3.63) is 65.2 Å². The molecular formula is C21H17N3O4. The minimum atomic E-state index is -0.610. The fraction of sp³-hybridized carbons (Fsp3) is 0.143. The first-order chi connectivity index (χ1) is 13.6. The molecule has 7 heteroatoms. The Morgan fingerprint density at radius 1 is 1.11 bits per heavy atom. The summed E-state index contributed by atoms with van der Waals surface area (Å²) in [6.07, 6.45) is 1.38. The highest BCUT2D eigenvalue weighted by atomic mass is 16.5. The van der Waals surface area contributed by atoms with Gasteiger partial charge in [0.2, 0.25) is 0 Å². The second kappa shape index (κ2) is 10.1. The van der Waals surface area contributed by atoms with Crippen molar-refractivity contribution in [1.82, 2.24) is 0 Å². The minimum absolute atomic E-state index is 0.137. The van der Waals surface area contributed by atoms with E-state index < -0.39 is 11.9 Å². The number of nitriles is 2. The average molecular weight is 375 g/mol. The lowest BCUT2D eigenvalue weighted by atomic mass is 10.1. The highest BCUT2D eigenvalue weighted by molar-refractivity contribution is 6.10. The van der Waals surface area contributed by atoms with Gasteiger partial charge in [-0.05, 0) is 43.3 Å². The van der Waals surface area contributed by atoms with Crippen LogP contribution in [0.4, 0.5) is 5.69 Å². The maximum Gasteiger partial charge on any atom is 0.338 e. The van der Waals surface area contributed by atoms with E-state index in [0.29, 0.717) is 22.6 Å². The summed E-state index contributed by atoms with van der Waals surface area (Å²) in [5, 5.41) is 20.6. The van der Waals surface area contributed by atoms with Gasteiger partial charge < -0.3 is 14.8 Å². The van der Waals surface area contributed by atoms with Crippen LogP contribution in [0.1, 0.15) is 22.8 Å². The third-order valence-electron chi connectivity index (χ3n) is 3.53. The minimum Gasteiger partial charge on any atom is -0.478 e. The third-order valence-corrected chi connectivity index (χ3v) is 3.53. The summed E-state index contributed by atoms with van der Waals surface area (Å²) in [7, 11) is 0. The number of esters is 1. The molecule has 0 heterocycles. The van der Waals surface area contributed by atoms with Crippen LogP contribution in [0.5, 0.6) is 5.75 Å². The van der Waals surface area contributed by atoms with Gasteiger partial charge in [-0.3, -0.25) is 4.79 Å². The Kier molecular flexibility index (Phi) is 7.33. The molecule has 2 rings (SSSR count). The highest BCUT2D eigenvalue weighted by Crippen LogP contribution is 2.21. The fourth-order valence-corrected chi connectivity index (χ4v) is 2.25. The second-order valence-electron chi connectivity index (χ2n) is 5.41. The van der Waals surface area contributed by atoms with Crippen LogP contribution < -0.4 is 10.1 Å². The number of nitrogens with one attached hydrogen (secondary N) is 1. The van der Waals surface area contributed by atoms with E-state index in [0.717, 1.165) is 0 Å². The van der Waals surface area contributed by atoms with Gasteiger partial charge in [0.15, 0.2) is 6.61 Å². The van der Waals surface area contributed by atoms with Crippen LogP contribution in [0.3, 0.4) is 0 Å². The van der Waals surface area contributed by atoms with Crippen molar-refractivity contribution in [2.45, 2.75) is 6.92 Å². The van der Waals surface area contributed by atoms with Crippen molar-refractivity contribution in [3.8, 4) is 17.9 Å². The third kappa shape index (κ3) is 5.45. The normalized spacial score (nSPS) is 10.3. The number of nitrogens with zero attached hydrogens (tertiary/aromatic N) is 2. The van der Waals surface area contributed by atoms with Gasteiger partial charge in [0.1, 0.15) is 23.5 Å². The molecule has 0 aliphatic rings. The molecule has 140 valence electrons. The van der Waals surface area contributed by atoms with Gasteiger partial charge in [0, 0.05) is 11.3 Å². The van der Waals surface area contributed by atoms with E-state index in [1.807, 2.05) is 12.1 Å². The molecule has 0 spiro atoms. The monoisotopic (exact) mass is 375 g/mol. The lowest BCUT2D eigenvalue weighted by Crippen LogP contribution is -2.13. The van der Waals surface area contributed by atoms with Gasteiger partial charge in [-0.25, -0.2) is 4.79 Å². The van der Waals surface area contributed by atoms with E-state index in [2.05, 4.69) is 5.32 Å². The quantitative estimate of drug-likeness (QED) is 0.451. The zero-order valence-corrected chi connectivity index (χ0v) is 15.1. The topological polar surface area (TPSA) is 112 Å². The number of hydrogen-bond donors (Lipinski definition) is 1. The Morgan fingerprint density at radius 3 is 2.46 bits per heavy atom. The summed E-state index contributed by atoms with van der Waals surface area (Å²) >= 11 is 0. The molecule has 1 amide bonds.